The lowest BCUT2D eigenvalue weighted by atomic mass is 9.44. The Balaban J connectivity index is 1.03. The van der Waals surface area contributed by atoms with E-state index in [9.17, 15) is 14.7 Å². The van der Waals surface area contributed by atoms with Crippen molar-refractivity contribution in [3.63, 3.8) is 0 Å². The van der Waals surface area contributed by atoms with Crippen LogP contribution in [0.5, 0.6) is 0 Å². The third-order valence-corrected chi connectivity index (χ3v) is 14.7. The van der Waals surface area contributed by atoms with Crippen molar-refractivity contribution in [2.24, 2.45) is 63.6 Å². The number of hydrogen-bond acceptors (Lipinski definition) is 3. The average molecular weight is 538 g/mol. The van der Waals surface area contributed by atoms with E-state index in [-0.39, 0.29) is 29.6 Å². The van der Waals surface area contributed by atoms with E-state index in [0.29, 0.717) is 35.5 Å². The molecule has 1 amide bonds. The maximum absolute atomic E-state index is 13.6. The van der Waals surface area contributed by atoms with Gasteiger partial charge in [-0.3, -0.25) is 9.59 Å². The summed E-state index contributed by atoms with van der Waals surface area (Å²) in [6.07, 6.45) is 20.3. The van der Waals surface area contributed by atoms with E-state index in [1.54, 1.807) is 0 Å². The van der Waals surface area contributed by atoms with Gasteiger partial charge in [0.25, 0.3) is 0 Å². The Morgan fingerprint density at radius 3 is 2.33 bits per heavy atom. The molecular weight excluding hydrogens is 482 g/mol. The first-order valence-corrected chi connectivity index (χ1v) is 17.1. The Morgan fingerprint density at radius 1 is 0.974 bits per heavy atom. The Hall–Kier alpha value is -0.900. The van der Waals surface area contributed by atoms with Crippen LogP contribution in [0.15, 0.2) is 0 Å². The predicted octanol–water partition coefficient (Wildman–Crippen LogP) is 7.08. The molecule has 0 spiro atoms. The first-order chi connectivity index (χ1) is 18.5. The number of fused-ring (bicyclic) bond motifs is 5. The fourth-order valence-electron chi connectivity index (χ4n) is 13.3. The zero-order valence-corrected chi connectivity index (χ0v) is 25.1. The molecule has 8 aliphatic carbocycles. The third kappa shape index (κ3) is 4.30. The molecule has 8 fully saturated rings. The van der Waals surface area contributed by atoms with Gasteiger partial charge in [0, 0.05) is 12.3 Å². The molecule has 218 valence electrons. The summed E-state index contributed by atoms with van der Waals surface area (Å²) >= 11 is 0. The highest BCUT2D eigenvalue weighted by Gasteiger charge is 2.62. The average Bonchev–Trinajstić information content (AvgIpc) is 3.28. The van der Waals surface area contributed by atoms with Crippen LogP contribution in [0.1, 0.15) is 130 Å². The molecule has 8 atom stereocenters. The first kappa shape index (κ1) is 27.0. The van der Waals surface area contributed by atoms with Crippen LogP contribution in [-0.2, 0) is 9.59 Å². The number of nitrogens with one attached hydrogen (secondary N) is 1. The molecule has 0 aromatic heterocycles. The minimum absolute atomic E-state index is 0.00355. The number of rotatable bonds is 6. The Morgan fingerprint density at radius 2 is 1.67 bits per heavy atom. The molecule has 0 heterocycles. The van der Waals surface area contributed by atoms with Crippen molar-refractivity contribution >= 4 is 11.7 Å². The smallest absolute Gasteiger partial charge is 0.223 e. The van der Waals surface area contributed by atoms with Crippen molar-refractivity contribution in [2.75, 3.05) is 6.54 Å². The normalized spacial score (nSPS) is 52.6. The van der Waals surface area contributed by atoms with Crippen LogP contribution < -0.4 is 5.32 Å². The van der Waals surface area contributed by atoms with E-state index in [1.165, 1.54) is 77.0 Å². The molecule has 2 unspecified atom stereocenters. The Labute approximate surface area is 237 Å². The summed E-state index contributed by atoms with van der Waals surface area (Å²) in [5, 5.41) is 15.1. The summed E-state index contributed by atoms with van der Waals surface area (Å²) in [7, 11) is 0. The first-order valence-electron chi connectivity index (χ1n) is 17.1. The van der Waals surface area contributed by atoms with Crippen molar-refractivity contribution in [1.29, 1.82) is 0 Å². The summed E-state index contributed by atoms with van der Waals surface area (Å²) in [5.74, 6) is 5.35. The van der Waals surface area contributed by atoms with Gasteiger partial charge in [-0.05, 0) is 154 Å². The number of ketones is 1. The Bertz CT molecular complexity index is 971. The minimum atomic E-state index is -1.40. The molecule has 0 aromatic carbocycles. The summed E-state index contributed by atoms with van der Waals surface area (Å²) in [6, 6.07) is 0. The van der Waals surface area contributed by atoms with Gasteiger partial charge in [0.15, 0.2) is 5.78 Å². The van der Waals surface area contributed by atoms with E-state index in [1.807, 2.05) is 0 Å². The van der Waals surface area contributed by atoms with Gasteiger partial charge in [-0.1, -0.05) is 27.2 Å². The van der Waals surface area contributed by atoms with Gasteiger partial charge >= 0.3 is 0 Å². The molecule has 39 heavy (non-hydrogen) atoms. The third-order valence-electron chi connectivity index (χ3n) is 14.7. The molecule has 0 radical (unpaired) electrons. The molecule has 0 aromatic rings. The maximum Gasteiger partial charge on any atom is 0.223 e. The molecule has 8 rings (SSSR count). The monoisotopic (exact) mass is 537 g/mol. The van der Waals surface area contributed by atoms with Crippen molar-refractivity contribution in [2.45, 2.75) is 136 Å². The van der Waals surface area contributed by atoms with E-state index < -0.39 is 5.60 Å². The molecule has 0 aliphatic heterocycles. The SMILES string of the molecule is CCC(CC12CC3CC(CC(C3)C1)C2)C(=O)NCC1(O)C[C@@]2(C)[C@@H](CC[C@H]3[C@@H]4CCC[C@@]4(C)CC[C@@H]32)CC1=O. The summed E-state index contributed by atoms with van der Waals surface area (Å²) in [6.45, 7) is 7.22. The zero-order chi connectivity index (χ0) is 27.2. The number of carbonyl (C=O) groups is 2. The molecule has 4 bridgehead atoms. The van der Waals surface area contributed by atoms with E-state index in [0.717, 1.165) is 48.9 Å². The quantitative estimate of drug-likeness (QED) is 0.380. The van der Waals surface area contributed by atoms with Crippen molar-refractivity contribution in [3.8, 4) is 0 Å². The lowest BCUT2D eigenvalue weighted by Gasteiger charge is -2.61. The van der Waals surface area contributed by atoms with Gasteiger partial charge in [-0.2, -0.15) is 0 Å². The second-order valence-electron chi connectivity index (χ2n) is 17.0. The number of Topliss-reactive ketones (excluding diaryl/α,β-unsaturated/α-hetero) is 1. The van der Waals surface area contributed by atoms with Gasteiger partial charge in [0.2, 0.25) is 5.91 Å². The molecule has 2 N–H and O–H groups in total. The van der Waals surface area contributed by atoms with Crippen LogP contribution in [-0.4, -0.2) is 28.9 Å². The topological polar surface area (TPSA) is 66.4 Å². The van der Waals surface area contributed by atoms with Crippen LogP contribution in [0.25, 0.3) is 0 Å². The van der Waals surface area contributed by atoms with Gasteiger partial charge in [0.1, 0.15) is 5.60 Å². The lowest BCUT2D eigenvalue weighted by molar-refractivity contribution is -0.172. The second-order valence-corrected chi connectivity index (χ2v) is 17.0. The van der Waals surface area contributed by atoms with Crippen LogP contribution >= 0.6 is 0 Å². The molecule has 0 saturated heterocycles. The van der Waals surface area contributed by atoms with Crippen LogP contribution in [0.4, 0.5) is 0 Å². The molecule has 8 saturated carbocycles. The molecule has 4 nitrogen and oxygen atoms in total. The number of amides is 1. The fraction of sp³-hybridized carbons (Fsp3) is 0.943. The number of hydrogen-bond donors (Lipinski definition) is 2. The van der Waals surface area contributed by atoms with Crippen LogP contribution in [0, 0.1) is 63.6 Å². The largest absolute Gasteiger partial charge is 0.380 e. The lowest BCUT2D eigenvalue weighted by Crippen LogP contribution is -2.62. The van der Waals surface area contributed by atoms with E-state index in [4.69, 9.17) is 0 Å². The zero-order valence-electron chi connectivity index (χ0n) is 25.1. The highest BCUT2D eigenvalue weighted by molar-refractivity contribution is 5.89. The highest BCUT2D eigenvalue weighted by atomic mass is 16.3. The summed E-state index contributed by atoms with van der Waals surface area (Å²) < 4.78 is 0. The van der Waals surface area contributed by atoms with Gasteiger partial charge in [0.05, 0.1) is 6.54 Å². The Kier molecular flexibility index (Phi) is 6.43. The van der Waals surface area contributed by atoms with Crippen molar-refractivity contribution in [1.82, 2.24) is 5.32 Å². The predicted molar refractivity (Wildman–Crippen MR) is 154 cm³/mol. The molecule has 4 heteroatoms. The maximum atomic E-state index is 13.6. The van der Waals surface area contributed by atoms with Crippen molar-refractivity contribution < 1.29 is 14.7 Å². The van der Waals surface area contributed by atoms with Crippen LogP contribution in [0.2, 0.25) is 0 Å². The molecule has 8 aliphatic rings. The van der Waals surface area contributed by atoms with Crippen molar-refractivity contribution in [3.05, 3.63) is 0 Å². The molecular formula is C35H55NO3. The van der Waals surface area contributed by atoms with Gasteiger partial charge < -0.3 is 10.4 Å². The summed E-state index contributed by atoms with van der Waals surface area (Å²) in [4.78, 5) is 27.1. The standard InChI is InChI=1S/C35H55NO3/c1-4-25(19-34-16-22-12-23(17-34)14-24(13-22)18-34)31(38)36-21-35(39)20-33(3)26(15-30(35)37)7-8-27-28-6-5-10-32(28,2)11-9-29(27)33/h22-29,39H,4-21H2,1-3H3,(H,36,38)/t22?,23?,24?,25?,26-,27-,28-,29-,32-,33-,34?,35?/m0/s1. The van der Waals surface area contributed by atoms with E-state index >= 15 is 0 Å². The van der Waals surface area contributed by atoms with E-state index in [2.05, 4.69) is 26.1 Å². The highest BCUT2D eigenvalue weighted by Crippen LogP contribution is 2.67. The minimum Gasteiger partial charge on any atom is -0.380 e. The van der Waals surface area contributed by atoms with Crippen LogP contribution in [0.3, 0.4) is 0 Å². The second kappa shape index (κ2) is 9.30. The van der Waals surface area contributed by atoms with Gasteiger partial charge in [-0.15, -0.1) is 0 Å². The van der Waals surface area contributed by atoms with Gasteiger partial charge in [-0.25, -0.2) is 0 Å². The number of carbonyl (C=O) groups excluding carboxylic acids is 2. The number of aliphatic hydroxyl groups is 1. The fourth-order valence-corrected chi connectivity index (χ4v) is 13.3. The summed E-state index contributed by atoms with van der Waals surface area (Å²) in [5.41, 5.74) is -0.509.